The number of carbonyl (C=O) groups is 2. The fourth-order valence-corrected chi connectivity index (χ4v) is 1.98. The molecule has 1 N–H and O–H groups in total. The summed E-state index contributed by atoms with van der Waals surface area (Å²) in [7, 11) is 0. The third-order valence-corrected chi connectivity index (χ3v) is 3.07. The van der Waals surface area contributed by atoms with Crippen LogP contribution in [0.4, 0.5) is 5.69 Å². The fourth-order valence-electron chi connectivity index (χ4n) is 1.80. The van der Waals surface area contributed by atoms with Gasteiger partial charge in [0.1, 0.15) is 5.56 Å². The van der Waals surface area contributed by atoms with Gasteiger partial charge in [-0.15, -0.1) is 0 Å². The van der Waals surface area contributed by atoms with Crippen molar-refractivity contribution in [1.82, 2.24) is 4.90 Å². The number of nitro groups is 1. The van der Waals surface area contributed by atoms with Crippen molar-refractivity contribution in [3.63, 3.8) is 0 Å². The molecule has 0 saturated heterocycles. The SMILES string of the molecule is CC(C)N(CCC(=O)O)C(=O)c1cc(Cl)ccc1[N+](=O)[O-]. The van der Waals surface area contributed by atoms with E-state index in [1.54, 1.807) is 13.8 Å². The van der Waals surface area contributed by atoms with Crippen molar-refractivity contribution < 1.29 is 19.6 Å². The summed E-state index contributed by atoms with van der Waals surface area (Å²) in [6.45, 7) is 3.38. The van der Waals surface area contributed by atoms with Crippen LogP contribution in [-0.2, 0) is 4.79 Å². The highest BCUT2D eigenvalue weighted by atomic mass is 35.5. The Kier molecular flexibility index (Phi) is 5.66. The second-order valence-electron chi connectivity index (χ2n) is 4.65. The first kappa shape index (κ1) is 16.9. The lowest BCUT2D eigenvalue weighted by molar-refractivity contribution is -0.385. The molecule has 8 heteroatoms. The minimum Gasteiger partial charge on any atom is -0.481 e. The summed E-state index contributed by atoms with van der Waals surface area (Å²) < 4.78 is 0. The van der Waals surface area contributed by atoms with E-state index in [2.05, 4.69) is 0 Å². The Balaban J connectivity index is 3.17. The van der Waals surface area contributed by atoms with E-state index in [4.69, 9.17) is 16.7 Å². The molecule has 0 spiro atoms. The first-order chi connectivity index (χ1) is 9.73. The Morgan fingerprint density at radius 2 is 2.05 bits per heavy atom. The summed E-state index contributed by atoms with van der Waals surface area (Å²) in [6.07, 6.45) is -0.238. The molecule has 0 aliphatic heterocycles. The van der Waals surface area contributed by atoms with Crippen LogP contribution in [0.1, 0.15) is 30.6 Å². The lowest BCUT2D eigenvalue weighted by Gasteiger charge is -2.26. The quantitative estimate of drug-likeness (QED) is 0.642. The van der Waals surface area contributed by atoms with Crippen LogP contribution < -0.4 is 0 Å². The molecule has 1 amide bonds. The van der Waals surface area contributed by atoms with E-state index in [-0.39, 0.29) is 35.3 Å². The van der Waals surface area contributed by atoms with E-state index < -0.39 is 16.8 Å². The van der Waals surface area contributed by atoms with Gasteiger partial charge in [-0.05, 0) is 26.0 Å². The summed E-state index contributed by atoms with van der Waals surface area (Å²) >= 11 is 5.79. The molecular formula is C13H15ClN2O5. The zero-order chi connectivity index (χ0) is 16.2. The second kappa shape index (κ2) is 7.03. The monoisotopic (exact) mass is 314 g/mol. The molecule has 1 aromatic carbocycles. The smallest absolute Gasteiger partial charge is 0.305 e. The van der Waals surface area contributed by atoms with Gasteiger partial charge in [0.05, 0.1) is 11.3 Å². The lowest BCUT2D eigenvalue weighted by Crippen LogP contribution is -2.38. The Labute approximate surface area is 126 Å². The molecule has 1 aromatic rings. The normalized spacial score (nSPS) is 10.5. The highest BCUT2D eigenvalue weighted by Crippen LogP contribution is 2.24. The maximum atomic E-state index is 12.4. The van der Waals surface area contributed by atoms with Gasteiger partial charge in [-0.1, -0.05) is 11.6 Å². The molecule has 0 saturated carbocycles. The van der Waals surface area contributed by atoms with Crippen molar-refractivity contribution in [2.75, 3.05) is 6.54 Å². The molecule has 0 unspecified atom stereocenters. The number of hydrogen-bond acceptors (Lipinski definition) is 4. The highest BCUT2D eigenvalue weighted by Gasteiger charge is 2.26. The lowest BCUT2D eigenvalue weighted by atomic mass is 10.1. The van der Waals surface area contributed by atoms with Crippen LogP contribution in [0.2, 0.25) is 5.02 Å². The van der Waals surface area contributed by atoms with Gasteiger partial charge in [-0.2, -0.15) is 0 Å². The van der Waals surface area contributed by atoms with Gasteiger partial charge in [0, 0.05) is 23.7 Å². The molecule has 0 bridgehead atoms. The molecule has 0 aromatic heterocycles. The van der Waals surface area contributed by atoms with Crippen LogP contribution in [0.3, 0.4) is 0 Å². The topological polar surface area (TPSA) is 101 Å². The molecule has 114 valence electrons. The summed E-state index contributed by atoms with van der Waals surface area (Å²) in [5.41, 5.74) is -0.503. The molecule has 1 rings (SSSR count). The molecule has 0 aliphatic rings. The molecule has 0 radical (unpaired) electrons. The Hall–Kier alpha value is -2.15. The summed E-state index contributed by atoms with van der Waals surface area (Å²) in [4.78, 5) is 34.7. The van der Waals surface area contributed by atoms with Gasteiger partial charge in [-0.25, -0.2) is 0 Å². The van der Waals surface area contributed by atoms with Crippen LogP contribution in [-0.4, -0.2) is 39.4 Å². The fraction of sp³-hybridized carbons (Fsp3) is 0.385. The third-order valence-electron chi connectivity index (χ3n) is 2.84. The van der Waals surface area contributed by atoms with Crippen LogP contribution in [0, 0.1) is 10.1 Å². The number of rotatable bonds is 6. The van der Waals surface area contributed by atoms with Crippen LogP contribution in [0.25, 0.3) is 0 Å². The van der Waals surface area contributed by atoms with Gasteiger partial charge in [0.2, 0.25) is 0 Å². The van der Waals surface area contributed by atoms with E-state index in [9.17, 15) is 19.7 Å². The number of carboxylic acids is 1. The summed E-state index contributed by atoms with van der Waals surface area (Å²) in [5.74, 6) is -1.66. The molecule has 0 fully saturated rings. The maximum absolute atomic E-state index is 12.4. The van der Waals surface area contributed by atoms with Gasteiger partial charge in [0.25, 0.3) is 11.6 Å². The van der Waals surface area contributed by atoms with Gasteiger partial charge in [0.15, 0.2) is 0 Å². The number of nitro benzene ring substituents is 1. The second-order valence-corrected chi connectivity index (χ2v) is 5.09. The Morgan fingerprint density at radius 1 is 1.43 bits per heavy atom. The van der Waals surface area contributed by atoms with Crippen LogP contribution in [0.15, 0.2) is 18.2 Å². The van der Waals surface area contributed by atoms with Crippen LogP contribution in [0.5, 0.6) is 0 Å². The van der Waals surface area contributed by atoms with Gasteiger partial charge in [-0.3, -0.25) is 19.7 Å². The maximum Gasteiger partial charge on any atom is 0.305 e. The van der Waals surface area contributed by atoms with E-state index in [0.717, 1.165) is 6.07 Å². The predicted molar refractivity (Wildman–Crippen MR) is 76.5 cm³/mol. The number of hydrogen-bond donors (Lipinski definition) is 1. The molecule has 0 atom stereocenters. The Bertz CT molecular complexity index is 574. The van der Waals surface area contributed by atoms with Crippen molar-refractivity contribution in [1.29, 1.82) is 0 Å². The van der Waals surface area contributed by atoms with Crippen molar-refractivity contribution in [2.24, 2.45) is 0 Å². The minimum absolute atomic E-state index is 0.0322. The number of benzene rings is 1. The minimum atomic E-state index is -1.05. The van der Waals surface area contributed by atoms with Crippen LogP contribution >= 0.6 is 11.6 Å². The van der Waals surface area contributed by atoms with Crippen molar-refractivity contribution >= 4 is 29.2 Å². The standard InChI is InChI=1S/C13H15ClN2O5/c1-8(2)15(6-5-12(17)18)13(19)10-7-9(14)3-4-11(10)16(20)21/h3-4,7-8H,5-6H2,1-2H3,(H,17,18). The first-order valence-corrected chi connectivity index (χ1v) is 6.58. The molecule has 7 nitrogen and oxygen atoms in total. The van der Waals surface area contributed by atoms with E-state index >= 15 is 0 Å². The average molecular weight is 315 g/mol. The number of amides is 1. The van der Waals surface area contributed by atoms with Crippen molar-refractivity contribution in [2.45, 2.75) is 26.3 Å². The number of carbonyl (C=O) groups excluding carboxylic acids is 1. The zero-order valence-corrected chi connectivity index (χ0v) is 12.3. The van der Waals surface area contributed by atoms with E-state index in [1.807, 2.05) is 0 Å². The predicted octanol–water partition coefficient (Wildman–Crippen LogP) is 2.57. The molecular weight excluding hydrogens is 300 g/mol. The zero-order valence-electron chi connectivity index (χ0n) is 11.6. The molecule has 21 heavy (non-hydrogen) atoms. The summed E-state index contributed by atoms with van der Waals surface area (Å²) in [6, 6.07) is 3.41. The summed E-state index contributed by atoms with van der Waals surface area (Å²) in [5, 5.41) is 19.9. The van der Waals surface area contributed by atoms with Gasteiger partial charge < -0.3 is 10.0 Å². The number of carboxylic acid groups (broad SMARTS) is 1. The molecule has 0 heterocycles. The third kappa shape index (κ3) is 4.42. The van der Waals surface area contributed by atoms with Gasteiger partial charge >= 0.3 is 5.97 Å². The average Bonchev–Trinajstić information content (AvgIpc) is 2.37. The van der Waals surface area contributed by atoms with Crippen molar-refractivity contribution in [3.8, 4) is 0 Å². The highest BCUT2D eigenvalue weighted by molar-refractivity contribution is 6.31. The van der Waals surface area contributed by atoms with E-state index in [1.165, 1.54) is 17.0 Å². The number of halogens is 1. The molecule has 0 aliphatic carbocycles. The first-order valence-electron chi connectivity index (χ1n) is 6.20. The number of nitrogens with zero attached hydrogens (tertiary/aromatic N) is 2. The number of aliphatic carboxylic acids is 1. The Morgan fingerprint density at radius 3 is 2.52 bits per heavy atom. The largest absolute Gasteiger partial charge is 0.481 e. The van der Waals surface area contributed by atoms with Crippen molar-refractivity contribution in [3.05, 3.63) is 38.9 Å². The van der Waals surface area contributed by atoms with E-state index in [0.29, 0.717) is 0 Å².